The smallest absolute Gasteiger partial charge is 0.305 e. The molecule has 0 radical (unpaired) electrons. The molecule has 20 heavy (non-hydrogen) atoms. The average Bonchev–Trinajstić information content (AvgIpc) is 2.86. The van der Waals surface area contributed by atoms with E-state index in [4.69, 9.17) is 9.63 Å². The average molecular weight is 274 g/mol. The lowest BCUT2D eigenvalue weighted by Gasteiger charge is -2.21. The highest BCUT2D eigenvalue weighted by Crippen LogP contribution is 2.18. The molecule has 0 fully saturated rings. The van der Waals surface area contributed by atoms with Crippen molar-refractivity contribution in [2.24, 2.45) is 0 Å². The molecule has 1 aromatic carbocycles. The van der Waals surface area contributed by atoms with E-state index < -0.39 is 5.97 Å². The maximum Gasteiger partial charge on any atom is 0.305 e. The molecule has 1 aromatic heterocycles. The molecule has 0 saturated carbocycles. The van der Waals surface area contributed by atoms with Crippen LogP contribution in [-0.2, 0) is 4.79 Å². The first-order chi connectivity index (χ1) is 9.59. The van der Waals surface area contributed by atoms with Crippen LogP contribution in [0.15, 0.2) is 41.1 Å². The van der Waals surface area contributed by atoms with Gasteiger partial charge in [0.1, 0.15) is 11.3 Å². The monoisotopic (exact) mass is 274 g/mol. The normalized spacial score (nSPS) is 10.2. The zero-order valence-electron chi connectivity index (χ0n) is 10.9. The highest BCUT2D eigenvalue weighted by Gasteiger charge is 2.22. The minimum absolute atomic E-state index is 0.0861. The van der Waals surface area contributed by atoms with E-state index in [0.717, 1.165) is 0 Å². The molecule has 0 spiro atoms. The van der Waals surface area contributed by atoms with E-state index in [1.165, 1.54) is 11.1 Å². The third-order valence-corrected chi connectivity index (χ3v) is 2.84. The molecule has 0 aliphatic carbocycles. The van der Waals surface area contributed by atoms with E-state index in [0.29, 0.717) is 17.0 Å². The van der Waals surface area contributed by atoms with Gasteiger partial charge in [-0.1, -0.05) is 23.4 Å². The van der Waals surface area contributed by atoms with Crippen molar-refractivity contribution in [2.45, 2.75) is 13.3 Å². The molecule has 0 aliphatic rings. The molecule has 1 N–H and O–H groups in total. The van der Waals surface area contributed by atoms with Gasteiger partial charge in [0.05, 0.1) is 12.6 Å². The van der Waals surface area contributed by atoms with Gasteiger partial charge in [0.2, 0.25) is 0 Å². The third kappa shape index (κ3) is 3.03. The number of carbonyl (C=O) groups is 2. The molecule has 0 aliphatic heterocycles. The number of aromatic nitrogens is 1. The van der Waals surface area contributed by atoms with Gasteiger partial charge in [-0.25, -0.2) is 0 Å². The molecule has 6 heteroatoms. The Bertz CT molecular complexity index is 607. The first-order valence-electron chi connectivity index (χ1n) is 6.09. The molecular formula is C14H14N2O4. The Labute approximate surface area is 115 Å². The molecule has 0 saturated heterocycles. The molecule has 2 aromatic rings. The van der Waals surface area contributed by atoms with Crippen molar-refractivity contribution in [3.63, 3.8) is 0 Å². The predicted octanol–water partition coefficient (Wildman–Crippen LogP) is 2.10. The number of nitrogens with zero attached hydrogens (tertiary/aromatic N) is 2. The van der Waals surface area contributed by atoms with E-state index in [1.54, 1.807) is 31.2 Å². The molecule has 1 amide bonds. The van der Waals surface area contributed by atoms with E-state index in [1.807, 2.05) is 6.07 Å². The molecular weight excluding hydrogens is 260 g/mol. The van der Waals surface area contributed by atoms with Crippen LogP contribution in [0, 0.1) is 6.92 Å². The largest absolute Gasteiger partial charge is 0.481 e. The second-order valence-electron chi connectivity index (χ2n) is 4.23. The van der Waals surface area contributed by atoms with Crippen LogP contribution < -0.4 is 4.90 Å². The van der Waals surface area contributed by atoms with Crippen LogP contribution >= 0.6 is 0 Å². The standard InChI is InChI=1S/C14H14N2O4/c1-10-12(9-15-20-10)14(19)16(8-7-13(17)18)11-5-3-2-4-6-11/h2-6,9H,7-8H2,1H3,(H,17,18). The number of aryl methyl sites for hydroxylation is 1. The number of para-hydroxylation sites is 1. The quantitative estimate of drug-likeness (QED) is 0.902. The number of aliphatic carboxylic acids is 1. The summed E-state index contributed by atoms with van der Waals surface area (Å²) in [6.07, 6.45) is 1.21. The lowest BCUT2D eigenvalue weighted by atomic mass is 10.2. The Hall–Kier alpha value is -2.63. The summed E-state index contributed by atoms with van der Waals surface area (Å²) in [7, 11) is 0. The van der Waals surface area contributed by atoms with Gasteiger partial charge < -0.3 is 14.5 Å². The van der Waals surface area contributed by atoms with Gasteiger partial charge in [0.15, 0.2) is 0 Å². The van der Waals surface area contributed by atoms with Crippen LogP contribution in [0.3, 0.4) is 0 Å². The van der Waals surface area contributed by atoms with Crippen LogP contribution in [-0.4, -0.2) is 28.7 Å². The van der Waals surface area contributed by atoms with E-state index >= 15 is 0 Å². The molecule has 2 rings (SSSR count). The number of amides is 1. The summed E-state index contributed by atoms with van der Waals surface area (Å²) in [5.74, 6) is -0.872. The Morgan fingerprint density at radius 2 is 2.00 bits per heavy atom. The van der Waals surface area contributed by atoms with Gasteiger partial charge in [0.25, 0.3) is 5.91 Å². The Balaban J connectivity index is 2.29. The summed E-state index contributed by atoms with van der Waals surface area (Å²) in [6.45, 7) is 1.73. The maximum atomic E-state index is 12.5. The summed E-state index contributed by atoms with van der Waals surface area (Å²) < 4.78 is 4.88. The summed E-state index contributed by atoms with van der Waals surface area (Å²) in [6, 6.07) is 8.91. The number of hydrogen-bond acceptors (Lipinski definition) is 4. The van der Waals surface area contributed by atoms with Crippen LogP contribution in [0.2, 0.25) is 0 Å². The lowest BCUT2D eigenvalue weighted by Crippen LogP contribution is -2.33. The fourth-order valence-electron chi connectivity index (χ4n) is 1.81. The molecule has 0 bridgehead atoms. The van der Waals surface area contributed by atoms with E-state index in [-0.39, 0.29) is 18.9 Å². The van der Waals surface area contributed by atoms with Gasteiger partial charge in [-0.05, 0) is 19.1 Å². The highest BCUT2D eigenvalue weighted by molar-refractivity contribution is 6.06. The minimum Gasteiger partial charge on any atom is -0.481 e. The Morgan fingerprint density at radius 3 is 2.55 bits per heavy atom. The molecule has 0 atom stereocenters. The summed E-state index contributed by atoms with van der Waals surface area (Å²) in [5.41, 5.74) is 0.971. The summed E-state index contributed by atoms with van der Waals surface area (Å²) in [5, 5.41) is 12.4. The number of benzene rings is 1. The number of rotatable bonds is 5. The topological polar surface area (TPSA) is 83.6 Å². The van der Waals surface area contributed by atoms with Crippen LogP contribution in [0.25, 0.3) is 0 Å². The molecule has 6 nitrogen and oxygen atoms in total. The second-order valence-corrected chi connectivity index (χ2v) is 4.23. The van der Waals surface area contributed by atoms with E-state index in [9.17, 15) is 9.59 Å². The molecule has 0 unspecified atom stereocenters. The fraction of sp³-hybridized carbons (Fsp3) is 0.214. The van der Waals surface area contributed by atoms with Crippen LogP contribution in [0.5, 0.6) is 0 Å². The van der Waals surface area contributed by atoms with Gasteiger partial charge in [-0.3, -0.25) is 9.59 Å². The van der Waals surface area contributed by atoms with Crippen molar-refractivity contribution in [3.8, 4) is 0 Å². The SMILES string of the molecule is Cc1oncc1C(=O)N(CCC(=O)O)c1ccccc1. The number of hydrogen-bond donors (Lipinski definition) is 1. The van der Waals surface area contributed by atoms with Crippen molar-refractivity contribution in [2.75, 3.05) is 11.4 Å². The number of carbonyl (C=O) groups excluding carboxylic acids is 1. The number of anilines is 1. The van der Waals surface area contributed by atoms with Crippen molar-refractivity contribution in [3.05, 3.63) is 47.9 Å². The first kappa shape index (κ1) is 13.8. The van der Waals surface area contributed by atoms with Gasteiger partial charge >= 0.3 is 5.97 Å². The fourth-order valence-corrected chi connectivity index (χ4v) is 1.81. The Morgan fingerprint density at radius 1 is 1.30 bits per heavy atom. The predicted molar refractivity (Wildman–Crippen MR) is 71.6 cm³/mol. The Kier molecular flexibility index (Phi) is 4.14. The highest BCUT2D eigenvalue weighted by atomic mass is 16.5. The van der Waals surface area contributed by atoms with Gasteiger partial charge in [-0.15, -0.1) is 0 Å². The van der Waals surface area contributed by atoms with Crippen molar-refractivity contribution < 1.29 is 19.2 Å². The number of carboxylic acids is 1. The van der Waals surface area contributed by atoms with E-state index in [2.05, 4.69) is 5.16 Å². The summed E-state index contributed by atoms with van der Waals surface area (Å²) in [4.78, 5) is 24.6. The lowest BCUT2D eigenvalue weighted by molar-refractivity contribution is -0.136. The van der Waals surface area contributed by atoms with Crippen molar-refractivity contribution >= 4 is 17.6 Å². The van der Waals surface area contributed by atoms with Crippen LogP contribution in [0.1, 0.15) is 22.5 Å². The number of carboxylic acid groups (broad SMARTS) is 1. The van der Waals surface area contributed by atoms with Gasteiger partial charge in [-0.2, -0.15) is 0 Å². The minimum atomic E-state index is -0.958. The second kappa shape index (κ2) is 6.01. The zero-order valence-corrected chi connectivity index (χ0v) is 10.9. The first-order valence-corrected chi connectivity index (χ1v) is 6.09. The van der Waals surface area contributed by atoms with Crippen molar-refractivity contribution in [1.29, 1.82) is 0 Å². The zero-order chi connectivity index (χ0) is 14.5. The summed E-state index contributed by atoms with van der Waals surface area (Å²) >= 11 is 0. The van der Waals surface area contributed by atoms with Crippen molar-refractivity contribution in [1.82, 2.24) is 5.16 Å². The third-order valence-electron chi connectivity index (χ3n) is 2.84. The van der Waals surface area contributed by atoms with Crippen LogP contribution in [0.4, 0.5) is 5.69 Å². The van der Waals surface area contributed by atoms with Gasteiger partial charge in [0, 0.05) is 12.2 Å². The maximum absolute atomic E-state index is 12.5. The molecule has 1 heterocycles. The molecule has 104 valence electrons.